The lowest BCUT2D eigenvalue weighted by molar-refractivity contribution is -0.147. The largest absolute Gasteiger partial charge is 0.464 e. The summed E-state index contributed by atoms with van der Waals surface area (Å²) in [6, 6.07) is -0.638. The van der Waals surface area contributed by atoms with Gasteiger partial charge in [-0.15, -0.1) is 0 Å². The topological polar surface area (TPSA) is 64.6 Å². The highest BCUT2D eigenvalue weighted by Gasteiger charge is 2.27. The first-order valence-electron chi connectivity index (χ1n) is 11.7. The van der Waals surface area contributed by atoms with Gasteiger partial charge in [0.15, 0.2) is 0 Å². The third-order valence-electron chi connectivity index (χ3n) is 5.26. The van der Waals surface area contributed by atoms with Crippen molar-refractivity contribution in [1.82, 2.24) is 5.32 Å². The molecule has 0 aromatic carbocycles. The normalized spacial score (nSPS) is 13.0. The molecule has 0 aliphatic heterocycles. The van der Waals surface area contributed by atoms with Gasteiger partial charge in [0.25, 0.3) is 0 Å². The van der Waals surface area contributed by atoms with E-state index in [0.717, 1.165) is 19.3 Å². The maximum Gasteiger partial charge on any atom is 0.407 e. The van der Waals surface area contributed by atoms with E-state index < -0.39 is 12.1 Å². The molecule has 0 radical (unpaired) electrons. The van der Waals surface area contributed by atoms with Crippen molar-refractivity contribution in [3.8, 4) is 0 Å². The van der Waals surface area contributed by atoms with Crippen LogP contribution in [0.4, 0.5) is 4.79 Å². The number of ether oxygens (including phenoxy) is 2. The predicted molar refractivity (Wildman–Crippen MR) is 115 cm³/mol. The Labute approximate surface area is 173 Å². The van der Waals surface area contributed by atoms with Crippen LogP contribution >= 0.6 is 0 Å². The summed E-state index contributed by atoms with van der Waals surface area (Å²) >= 11 is 0. The van der Waals surface area contributed by atoms with E-state index in [0.29, 0.717) is 6.61 Å². The van der Waals surface area contributed by atoms with Crippen molar-refractivity contribution >= 4 is 12.1 Å². The molecule has 0 saturated carbocycles. The number of hydrogen-bond donors (Lipinski definition) is 1. The first kappa shape index (κ1) is 26.7. The van der Waals surface area contributed by atoms with Crippen LogP contribution in [-0.4, -0.2) is 31.3 Å². The lowest BCUT2D eigenvalue weighted by atomic mass is 9.99. The Morgan fingerprint density at radius 2 is 1.25 bits per heavy atom. The highest BCUT2D eigenvalue weighted by atomic mass is 16.6. The van der Waals surface area contributed by atoms with Crippen molar-refractivity contribution in [3.63, 3.8) is 0 Å². The molecule has 0 heterocycles. The molecule has 0 rings (SSSR count). The molecule has 0 saturated heterocycles. The summed E-state index contributed by atoms with van der Waals surface area (Å²) in [6.45, 7) is 8.63. The van der Waals surface area contributed by atoms with Crippen LogP contribution in [0.3, 0.4) is 0 Å². The Kier molecular flexibility index (Phi) is 18.2. The van der Waals surface area contributed by atoms with Gasteiger partial charge in [0.1, 0.15) is 6.04 Å². The van der Waals surface area contributed by atoms with Gasteiger partial charge in [-0.05, 0) is 19.3 Å². The summed E-state index contributed by atoms with van der Waals surface area (Å²) in [7, 11) is 0. The lowest BCUT2D eigenvalue weighted by Gasteiger charge is -2.22. The Balaban J connectivity index is 3.73. The maximum atomic E-state index is 12.3. The van der Waals surface area contributed by atoms with E-state index >= 15 is 0 Å². The molecule has 0 aliphatic rings. The summed E-state index contributed by atoms with van der Waals surface area (Å²) in [5.74, 6) is -0.343. The van der Waals surface area contributed by atoms with Crippen LogP contribution in [0.15, 0.2) is 0 Å². The molecule has 0 aliphatic carbocycles. The zero-order valence-electron chi connectivity index (χ0n) is 18.9. The fourth-order valence-electron chi connectivity index (χ4n) is 3.17. The van der Waals surface area contributed by atoms with E-state index in [9.17, 15) is 9.59 Å². The third-order valence-corrected chi connectivity index (χ3v) is 5.26. The van der Waals surface area contributed by atoms with Crippen LogP contribution in [0.5, 0.6) is 0 Å². The third kappa shape index (κ3) is 14.8. The molecule has 28 heavy (non-hydrogen) atoms. The fraction of sp³-hybridized carbons (Fsp3) is 0.913. The standard InChI is InChI=1S/C23H45NO4/c1-5-8-9-10-11-12-13-14-15-16-17-18-19-28-22(25)21(20(4)6-2)24-23(26)27-7-3/h20-21H,5-19H2,1-4H3,(H,24,26). The molecule has 2 unspecified atom stereocenters. The number of nitrogens with one attached hydrogen (secondary N) is 1. The fourth-order valence-corrected chi connectivity index (χ4v) is 3.17. The van der Waals surface area contributed by atoms with Gasteiger partial charge in [-0.3, -0.25) is 0 Å². The van der Waals surface area contributed by atoms with Crippen molar-refractivity contribution in [3.05, 3.63) is 0 Å². The van der Waals surface area contributed by atoms with Gasteiger partial charge in [0.2, 0.25) is 0 Å². The SMILES string of the molecule is CCCCCCCCCCCCCCOC(=O)C(NC(=O)OCC)C(C)CC. The number of hydrogen-bond acceptors (Lipinski definition) is 4. The minimum absolute atomic E-state index is 0.0129. The second-order valence-corrected chi connectivity index (χ2v) is 7.78. The highest BCUT2D eigenvalue weighted by molar-refractivity contribution is 5.81. The van der Waals surface area contributed by atoms with Crippen LogP contribution in [0.2, 0.25) is 0 Å². The second kappa shape index (κ2) is 19.1. The Morgan fingerprint density at radius 1 is 0.750 bits per heavy atom. The van der Waals surface area contributed by atoms with Crippen LogP contribution in [-0.2, 0) is 14.3 Å². The number of carbonyl (C=O) groups excluding carboxylic acids is 2. The Morgan fingerprint density at radius 3 is 1.71 bits per heavy atom. The van der Waals surface area contributed by atoms with Gasteiger partial charge >= 0.3 is 12.1 Å². The molecule has 1 amide bonds. The van der Waals surface area contributed by atoms with Crippen molar-refractivity contribution in [2.24, 2.45) is 5.92 Å². The number of unbranched alkanes of at least 4 members (excludes halogenated alkanes) is 11. The smallest absolute Gasteiger partial charge is 0.407 e. The number of esters is 1. The Bertz CT molecular complexity index is 387. The summed E-state index contributed by atoms with van der Waals surface area (Å²) in [5, 5.41) is 2.63. The maximum absolute atomic E-state index is 12.3. The van der Waals surface area contributed by atoms with Crippen LogP contribution in [0.1, 0.15) is 111 Å². The number of alkyl carbamates (subject to hydrolysis) is 1. The summed E-state index contributed by atoms with van der Waals surface area (Å²) in [4.78, 5) is 23.9. The number of amides is 1. The van der Waals surface area contributed by atoms with Gasteiger partial charge in [0, 0.05) is 0 Å². The van der Waals surface area contributed by atoms with Crippen LogP contribution in [0.25, 0.3) is 0 Å². The van der Waals surface area contributed by atoms with E-state index in [-0.39, 0.29) is 18.5 Å². The summed E-state index contributed by atoms with van der Waals surface area (Å²) in [6.07, 6.45) is 15.5. The molecular weight excluding hydrogens is 354 g/mol. The molecule has 0 spiro atoms. The molecule has 1 N–H and O–H groups in total. The summed E-state index contributed by atoms with van der Waals surface area (Å²) in [5.41, 5.74) is 0. The minimum atomic E-state index is -0.638. The van der Waals surface area contributed by atoms with Crippen molar-refractivity contribution in [2.75, 3.05) is 13.2 Å². The van der Waals surface area contributed by atoms with Gasteiger partial charge in [-0.1, -0.05) is 97.8 Å². The molecule has 166 valence electrons. The average Bonchev–Trinajstić information content (AvgIpc) is 2.69. The first-order valence-corrected chi connectivity index (χ1v) is 11.7. The van der Waals surface area contributed by atoms with Gasteiger partial charge < -0.3 is 14.8 Å². The van der Waals surface area contributed by atoms with E-state index in [4.69, 9.17) is 9.47 Å². The number of carbonyl (C=O) groups is 2. The van der Waals surface area contributed by atoms with Gasteiger partial charge in [-0.2, -0.15) is 0 Å². The minimum Gasteiger partial charge on any atom is -0.464 e. The monoisotopic (exact) mass is 399 g/mol. The average molecular weight is 400 g/mol. The second-order valence-electron chi connectivity index (χ2n) is 7.78. The number of rotatable bonds is 18. The van der Waals surface area contributed by atoms with Crippen molar-refractivity contribution < 1.29 is 19.1 Å². The molecule has 0 aromatic heterocycles. The summed E-state index contributed by atoms with van der Waals surface area (Å²) < 4.78 is 10.3. The van der Waals surface area contributed by atoms with E-state index in [1.165, 1.54) is 64.2 Å². The quantitative estimate of drug-likeness (QED) is 0.214. The highest BCUT2D eigenvalue weighted by Crippen LogP contribution is 2.13. The van der Waals surface area contributed by atoms with Crippen LogP contribution < -0.4 is 5.32 Å². The lowest BCUT2D eigenvalue weighted by Crippen LogP contribution is -2.46. The first-order chi connectivity index (χ1) is 13.6. The zero-order chi connectivity index (χ0) is 21.0. The molecule has 5 nitrogen and oxygen atoms in total. The molecule has 0 aromatic rings. The zero-order valence-corrected chi connectivity index (χ0v) is 18.9. The molecule has 5 heteroatoms. The van der Waals surface area contributed by atoms with E-state index in [1.807, 2.05) is 13.8 Å². The van der Waals surface area contributed by atoms with Gasteiger partial charge in [-0.25, -0.2) is 9.59 Å². The van der Waals surface area contributed by atoms with Crippen molar-refractivity contribution in [1.29, 1.82) is 0 Å². The van der Waals surface area contributed by atoms with E-state index in [1.54, 1.807) is 6.92 Å². The molecule has 0 bridgehead atoms. The predicted octanol–water partition coefficient (Wildman–Crippen LogP) is 6.39. The van der Waals surface area contributed by atoms with Crippen LogP contribution in [0, 0.1) is 5.92 Å². The van der Waals surface area contributed by atoms with Crippen molar-refractivity contribution in [2.45, 2.75) is 117 Å². The Hall–Kier alpha value is -1.26. The molecular formula is C23H45NO4. The molecule has 0 fully saturated rings. The molecule has 2 atom stereocenters. The van der Waals surface area contributed by atoms with Gasteiger partial charge in [0.05, 0.1) is 13.2 Å². The van der Waals surface area contributed by atoms with E-state index in [2.05, 4.69) is 12.2 Å².